The van der Waals surface area contributed by atoms with Crippen molar-refractivity contribution in [1.82, 2.24) is 15.3 Å². The van der Waals surface area contributed by atoms with Gasteiger partial charge in [0.25, 0.3) is 0 Å². The van der Waals surface area contributed by atoms with Gasteiger partial charge in [0.05, 0.1) is 0 Å². The van der Waals surface area contributed by atoms with E-state index in [1.807, 2.05) is 12.4 Å². The van der Waals surface area contributed by atoms with Crippen molar-refractivity contribution in [2.24, 2.45) is 0 Å². The summed E-state index contributed by atoms with van der Waals surface area (Å²) in [7, 11) is 0. The Morgan fingerprint density at radius 3 is 2.93 bits per heavy atom. The first-order valence-corrected chi connectivity index (χ1v) is 5.58. The van der Waals surface area contributed by atoms with Crippen LogP contribution in [-0.4, -0.2) is 22.6 Å². The Morgan fingerprint density at radius 2 is 2.36 bits per heavy atom. The lowest BCUT2D eigenvalue weighted by molar-refractivity contribution is 0.466. The fraction of sp³-hybridized carbons (Fsp3) is 0.727. The molecule has 0 bridgehead atoms. The molecule has 0 radical (unpaired) electrons. The van der Waals surface area contributed by atoms with E-state index in [4.69, 9.17) is 0 Å². The molecule has 0 saturated heterocycles. The van der Waals surface area contributed by atoms with Gasteiger partial charge in [-0.2, -0.15) is 0 Å². The molecule has 1 aromatic heterocycles. The van der Waals surface area contributed by atoms with Crippen LogP contribution in [0.1, 0.15) is 38.9 Å². The molecule has 14 heavy (non-hydrogen) atoms. The fourth-order valence-electron chi connectivity index (χ4n) is 1.66. The van der Waals surface area contributed by atoms with E-state index in [0.717, 1.165) is 18.8 Å². The van der Waals surface area contributed by atoms with Crippen LogP contribution >= 0.6 is 0 Å². The number of aromatic nitrogens is 2. The molecule has 0 aliphatic heterocycles. The van der Waals surface area contributed by atoms with E-state index >= 15 is 0 Å². The van der Waals surface area contributed by atoms with E-state index < -0.39 is 0 Å². The minimum atomic E-state index is 0.575. The molecule has 0 aliphatic carbocycles. The zero-order chi connectivity index (χ0) is 10.2. The second kappa shape index (κ2) is 6.60. The molecular formula is C11H21N3. The molecule has 0 fully saturated rings. The summed E-state index contributed by atoms with van der Waals surface area (Å²) in [6, 6.07) is 0.575. The van der Waals surface area contributed by atoms with Gasteiger partial charge in [0.1, 0.15) is 5.82 Å². The van der Waals surface area contributed by atoms with Gasteiger partial charge < -0.3 is 10.3 Å². The predicted octanol–water partition coefficient (Wildman–Crippen LogP) is 2.12. The van der Waals surface area contributed by atoms with E-state index in [-0.39, 0.29) is 0 Å². The van der Waals surface area contributed by atoms with Crippen LogP contribution in [0.25, 0.3) is 0 Å². The molecule has 0 spiro atoms. The van der Waals surface area contributed by atoms with Crippen LogP contribution < -0.4 is 5.32 Å². The molecule has 0 aromatic carbocycles. The third-order valence-electron chi connectivity index (χ3n) is 2.39. The Hall–Kier alpha value is -0.830. The number of likely N-dealkylation sites (N-methyl/N-ethyl adjacent to an activating group) is 1. The maximum absolute atomic E-state index is 4.25. The van der Waals surface area contributed by atoms with E-state index in [1.165, 1.54) is 19.3 Å². The molecule has 3 nitrogen and oxygen atoms in total. The number of nitrogens with zero attached hydrogens (tertiary/aromatic N) is 1. The summed E-state index contributed by atoms with van der Waals surface area (Å²) in [5.74, 6) is 1.09. The normalized spacial score (nSPS) is 13.0. The molecule has 0 amide bonds. The van der Waals surface area contributed by atoms with E-state index in [2.05, 4.69) is 29.1 Å². The van der Waals surface area contributed by atoms with Gasteiger partial charge in [0.15, 0.2) is 0 Å². The number of unbranched alkanes of at least 4 members (excludes halogenated alkanes) is 1. The third kappa shape index (κ3) is 3.92. The molecule has 2 N–H and O–H groups in total. The Labute approximate surface area is 86.3 Å². The Kier molecular flexibility index (Phi) is 5.30. The number of nitrogens with one attached hydrogen (secondary N) is 2. The topological polar surface area (TPSA) is 40.7 Å². The summed E-state index contributed by atoms with van der Waals surface area (Å²) in [4.78, 5) is 7.40. The molecule has 1 aromatic rings. The highest BCUT2D eigenvalue weighted by atomic mass is 14.9. The second-order valence-corrected chi connectivity index (χ2v) is 3.64. The summed E-state index contributed by atoms with van der Waals surface area (Å²) >= 11 is 0. The van der Waals surface area contributed by atoms with Gasteiger partial charge in [-0.15, -0.1) is 0 Å². The average molecular weight is 195 g/mol. The number of rotatable bonds is 7. The minimum absolute atomic E-state index is 0.575. The predicted molar refractivity (Wildman–Crippen MR) is 59.3 cm³/mol. The number of aromatic amines is 1. The van der Waals surface area contributed by atoms with Gasteiger partial charge in [-0.05, 0) is 13.0 Å². The summed E-state index contributed by atoms with van der Waals surface area (Å²) in [6.45, 7) is 5.42. The van der Waals surface area contributed by atoms with Crippen molar-refractivity contribution < 1.29 is 0 Å². The molecule has 1 atom stereocenters. The molecule has 1 rings (SSSR count). The first-order valence-electron chi connectivity index (χ1n) is 5.58. The van der Waals surface area contributed by atoms with Crippen molar-refractivity contribution in [3.63, 3.8) is 0 Å². The summed E-state index contributed by atoms with van der Waals surface area (Å²) in [6.07, 6.45) is 8.51. The van der Waals surface area contributed by atoms with Crippen molar-refractivity contribution in [3.8, 4) is 0 Å². The van der Waals surface area contributed by atoms with Crippen molar-refractivity contribution in [1.29, 1.82) is 0 Å². The first kappa shape index (κ1) is 11.2. The molecule has 0 aliphatic rings. The van der Waals surface area contributed by atoms with Crippen LogP contribution in [-0.2, 0) is 6.42 Å². The maximum Gasteiger partial charge on any atom is 0.107 e. The Morgan fingerprint density at radius 1 is 1.50 bits per heavy atom. The highest BCUT2D eigenvalue weighted by Gasteiger charge is 2.08. The van der Waals surface area contributed by atoms with E-state index in [0.29, 0.717) is 6.04 Å². The second-order valence-electron chi connectivity index (χ2n) is 3.64. The Balaban J connectivity index is 2.34. The maximum atomic E-state index is 4.25. The summed E-state index contributed by atoms with van der Waals surface area (Å²) in [5, 5.41) is 3.50. The third-order valence-corrected chi connectivity index (χ3v) is 2.39. The summed E-state index contributed by atoms with van der Waals surface area (Å²) < 4.78 is 0. The SMILES string of the molecule is CCCCC(Cc1ncc[nH]1)NCC. The van der Waals surface area contributed by atoms with Gasteiger partial charge in [-0.1, -0.05) is 26.7 Å². The van der Waals surface area contributed by atoms with Gasteiger partial charge in [-0.3, -0.25) is 0 Å². The van der Waals surface area contributed by atoms with Crippen LogP contribution in [0.15, 0.2) is 12.4 Å². The van der Waals surface area contributed by atoms with E-state index in [1.54, 1.807) is 0 Å². The lowest BCUT2D eigenvalue weighted by Crippen LogP contribution is -2.31. The lowest BCUT2D eigenvalue weighted by Gasteiger charge is -2.15. The van der Waals surface area contributed by atoms with Crippen molar-refractivity contribution in [3.05, 3.63) is 18.2 Å². The number of H-pyrrole nitrogens is 1. The molecule has 3 heteroatoms. The van der Waals surface area contributed by atoms with E-state index in [9.17, 15) is 0 Å². The van der Waals surface area contributed by atoms with Crippen LogP contribution in [0.4, 0.5) is 0 Å². The van der Waals surface area contributed by atoms with Crippen LogP contribution in [0, 0.1) is 0 Å². The molecule has 1 heterocycles. The smallest absolute Gasteiger partial charge is 0.107 e. The monoisotopic (exact) mass is 195 g/mol. The van der Waals surface area contributed by atoms with Crippen molar-refractivity contribution >= 4 is 0 Å². The highest BCUT2D eigenvalue weighted by Crippen LogP contribution is 2.05. The molecule has 1 unspecified atom stereocenters. The highest BCUT2D eigenvalue weighted by molar-refractivity contribution is 4.91. The fourth-order valence-corrected chi connectivity index (χ4v) is 1.66. The quantitative estimate of drug-likeness (QED) is 0.699. The summed E-state index contributed by atoms with van der Waals surface area (Å²) in [5.41, 5.74) is 0. The number of hydrogen-bond donors (Lipinski definition) is 2. The van der Waals surface area contributed by atoms with Crippen LogP contribution in [0.2, 0.25) is 0 Å². The first-order chi connectivity index (χ1) is 6.86. The molecule has 80 valence electrons. The van der Waals surface area contributed by atoms with Gasteiger partial charge in [0, 0.05) is 24.9 Å². The average Bonchev–Trinajstić information content (AvgIpc) is 2.67. The Bertz CT molecular complexity index is 218. The van der Waals surface area contributed by atoms with Gasteiger partial charge in [-0.25, -0.2) is 4.98 Å². The minimum Gasteiger partial charge on any atom is -0.349 e. The standard InChI is InChI=1S/C11H21N3/c1-3-5-6-10(12-4-2)9-11-13-7-8-14-11/h7-8,10,12H,3-6,9H2,1-2H3,(H,13,14). The number of imidazole rings is 1. The zero-order valence-corrected chi connectivity index (χ0v) is 9.21. The van der Waals surface area contributed by atoms with Gasteiger partial charge >= 0.3 is 0 Å². The molecule has 0 saturated carbocycles. The molecular weight excluding hydrogens is 174 g/mol. The van der Waals surface area contributed by atoms with Crippen molar-refractivity contribution in [2.75, 3.05) is 6.54 Å². The lowest BCUT2D eigenvalue weighted by atomic mass is 10.1. The largest absolute Gasteiger partial charge is 0.349 e. The van der Waals surface area contributed by atoms with Crippen LogP contribution in [0.5, 0.6) is 0 Å². The zero-order valence-electron chi connectivity index (χ0n) is 9.21. The number of hydrogen-bond acceptors (Lipinski definition) is 2. The van der Waals surface area contributed by atoms with Crippen LogP contribution in [0.3, 0.4) is 0 Å². The van der Waals surface area contributed by atoms with Crippen molar-refractivity contribution in [2.45, 2.75) is 45.6 Å². The van der Waals surface area contributed by atoms with Gasteiger partial charge in [0.2, 0.25) is 0 Å².